The topological polar surface area (TPSA) is 99.3 Å². The molecule has 8 nitrogen and oxygen atoms in total. The van der Waals surface area contributed by atoms with E-state index < -0.39 is 11.8 Å². The lowest BCUT2D eigenvalue weighted by atomic mass is 10.1. The van der Waals surface area contributed by atoms with E-state index in [1.54, 1.807) is 67.0 Å². The van der Waals surface area contributed by atoms with E-state index in [0.717, 1.165) is 37.2 Å². The minimum absolute atomic E-state index is 0.0133. The Kier molecular flexibility index (Phi) is 7.35. The first kappa shape index (κ1) is 25.0. The van der Waals surface area contributed by atoms with E-state index in [2.05, 4.69) is 27.0 Å². The number of hydrogen-bond donors (Lipinski definition) is 3. The van der Waals surface area contributed by atoms with Gasteiger partial charge >= 0.3 is 6.03 Å². The van der Waals surface area contributed by atoms with Crippen LogP contribution in [0.5, 0.6) is 11.5 Å². The first-order valence-electron chi connectivity index (χ1n) is 12.3. The molecule has 1 radical (unpaired) electrons. The molecule has 1 aliphatic rings. The first-order chi connectivity index (χ1) is 18.4. The molecule has 3 amide bonds. The van der Waals surface area contributed by atoms with Gasteiger partial charge in [-0.1, -0.05) is 6.07 Å². The number of pyridine rings is 1. The van der Waals surface area contributed by atoms with Crippen molar-refractivity contribution in [2.45, 2.75) is 19.8 Å². The molecular weight excluding hydrogens is 485 g/mol. The molecule has 3 N–H and O–H groups in total. The summed E-state index contributed by atoms with van der Waals surface area (Å²) in [7, 11) is 0. The Hall–Kier alpha value is -4.66. The van der Waals surface area contributed by atoms with Gasteiger partial charge in [0.15, 0.2) is 0 Å². The number of urea groups is 1. The molecule has 2 aromatic heterocycles. The van der Waals surface area contributed by atoms with Gasteiger partial charge in [-0.25, -0.2) is 9.18 Å². The van der Waals surface area contributed by atoms with Gasteiger partial charge in [-0.05, 0) is 80.3 Å². The maximum absolute atomic E-state index is 13.9. The predicted octanol–water partition coefficient (Wildman–Crippen LogP) is 6.40. The van der Waals surface area contributed by atoms with Gasteiger partial charge in [-0.2, -0.15) is 0 Å². The number of H-pyrrole nitrogens is 1. The van der Waals surface area contributed by atoms with Crippen molar-refractivity contribution in [2.75, 3.05) is 23.7 Å². The Balaban J connectivity index is 1.20. The Morgan fingerprint density at radius 1 is 0.974 bits per heavy atom. The summed E-state index contributed by atoms with van der Waals surface area (Å²) in [6.45, 7) is 3.30. The lowest BCUT2D eigenvalue weighted by molar-refractivity contribution is 0.0742. The summed E-state index contributed by atoms with van der Waals surface area (Å²) >= 11 is 0. The Morgan fingerprint density at radius 2 is 1.76 bits per heavy atom. The number of nitrogens with one attached hydrogen (secondary N) is 3. The maximum atomic E-state index is 13.9. The summed E-state index contributed by atoms with van der Waals surface area (Å²) in [5.74, 6) is 0.632. The number of likely N-dealkylation sites (tertiary alicyclic amines) is 1. The number of carbonyl (C=O) groups is 2. The average Bonchev–Trinajstić information content (AvgIpc) is 3.43. The lowest BCUT2D eigenvalue weighted by Crippen LogP contribution is -2.35. The standard InChI is InChI=1S/C29H27FN5O3/c1-19-5-10-24(30)25(15-19)34-29(37)33-21-6-8-22(9-7-21)38-23-11-12-31-27(17-23)26-16-20(18-32-26)28(36)35-13-3-2-4-14-35/h2,5-12,15-18,32H,3-4,13-14H2,1H3,(H2,33,34,37). The summed E-state index contributed by atoms with van der Waals surface area (Å²) in [6, 6.07) is 16.1. The van der Waals surface area contributed by atoms with Crippen LogP contribution in [0.3, 0.4) is 0 Å². The third-order valence-corrected chi connectivity index (χ3v) is 6.15. The van der Waals surface area contributed by atoms with Gasteiger partial charge in [-0.3, -0.25) is 9.78 Å². The number of aryl methyl sites for hydroxylation is 1. The van der Waals surface area contributed by atoms with Crippen molar-refractivity contribution >= 4 is 23.3 Å². The van der Waals surface area contributed by atoms with Gasteiger partial charge in [0.05, 0.1) is 22.6 Å². The second-order valence-electron chi connectivity index (χ2n) is 9.03. The summed E-state index contributed by atoms with van der Waals surface area (Å²) in [4.78, 5) is 34.4. The van der Waals surface area contributed by atoms with Gasteiger partial charge in [0.2, 0.25) is 0 Å². The fraction of sp³-hybridized carbons (Fsp3) is 0.172. The highest BCUT2D eigenvalue weighted by Gasteiger charge is 2.20. The van der Waals surface area contributed by atoms with Crippen LogP contribution in [-0.2, 0) is 0 Å². The van der Waals surface area contributed by atoms with E-state index in [1.165, 1.54) is 6.07 Å². The van der Waals surface area contributed by atoms with Crippen LogP contribution in [0, 0.1) is 19.2 Å². The predicted molar refractivity (Wildman–Crippen MR) is 144 cm³/mol. The van der Waals surface area contributed by atoms with Crippen molar-refractivity contribution in [2.24, 2.45) is 0 Å². The van der Waals surface area contributed by atoms with Crippen LogP contribution in [0.25, 0.3) is 11.4 Å². The van der Waals surface area contributed by atoms with Crippen LogP contribution in [-0.4, -0.2) is 39.9 Å². The molecule has 0 spiro atoms. The summed E-state index contributed by atoms with van der Waals surface area (Å²) in [5.41, 5.74) is 3.44. The molecule has 0 bridgehead atoms. The highest BCUT2D eigenvalue weighted by Crippen LogP contribution is 2.27. The number of ether oxygens (including phenoxy) is 1. The Labute approximate surface area is 219 Å². The van der Waals surface area contributed by atoms with Gasteiger partial charge < -0.3 is 25.3 Å². The highest BCUT2D eigenvalue weighted by molar-refractivity contribution is 6.00. The number of amides is 3. The van der Waals surface area contributed by atoms with Gasteiger partial charge in [-0.15, -0.1) is 0 Å². The van der Waals surface area contributed by atoms with E-state index in [1.807, 2.05) is 11.8 Å². The van der Waals surface area contributed by atoms with Crippen molar-refractivity contribution in [1.29, 1.82) is 0 Å². The average molecular weight is 513 g/mol. The van der Waals surface area contributed by atoms with E-state index in [4.69, 9.17) is 4.74 Å². The molecule has 1 aliphatic heterocycles. The Morgan fingerprint density at radius 3 is 2.55 bits per heavy atom. The SMILES string of the molecule is Cc1ccc(F)c(NC(=O)Nc2ccc(Oc3ccnc(-c4cc(C(=O)N5CC[CH]CC5)c[nH]4)c3)cc2)c1. The molecule has 0 unspecified atom stereocenters. The number of aromatic nitrogens is 2. The highest BCUT2D eigenvalue weighted by atomic mass is 19.1. The molecule has 1 saturated heterocycles. The van der Waals surface area contributed by atoms with Crippen LogP contribution in [0.1, 0.15) is 28.8 Å². The number of hydrogen-bond acceptors (Lipinski definition) is 4. The zero-order valence-corrected chi connectivity index (χ0v) is 20.8. The van der Waals surface area contributed by atoms with Crippen molar-refractivity contribution < 1.29 is 18.7 Å². The number of piperidine rings is 1. The first-order valence-corrected chi connectivity index (χ1v) is 12.3. The maximum Gasteiger partial charge on any atom is 0.323 e. The number of halogens is 1. The van der Waals surface area contributed by atoms with Crippen LogP contribution >= 0.6 is 0 Å². The van der Waals surface area contributed by atoms with Crippen LogP contribution in [0.2, 0.25) is 0 Å². The van der Waals surface area contributed by atoms with Crippen molar-refractivity contribution in [1.82, 2.24) is 14.9 Å². The number of aromatic amines is 1. The van der Waals surface area contributed by atoms with E-state index in [-0.39, 0.29) is 11.6 Å². The number of carbonyl (C=O) groups excluding carboxylic acids is 2. The number of benzene rings is 2. The van der Waals surface area contributed by atoms with Crippen LogP contribution < -0.4 is 15.4 Å². The molecule has 0 saturated carbocycles. The second-order valence-corrected chi connectivity index (χ2v) is 9.03. The lowest BCUT2D eigenvalue weighted by Gasteiger charge is -2.26. The molecule has 38 heavy (non-hydrogen) atoms. The van der Waals surface area contributed by atoms with Crippen molar-refractivity contribution in [3.63, 3.8) is 0 Å². The Bertz CT molecular complexity index is 1440. The summed E-state index contributed by atoms with van der Waals surface area (Å²) in [5, 5.41) is 5.19. The van der Waals surface area contributed by atoms with Gasteiger partial charge in [0.1, 0.15) is 17.3 Å². The number of nitrogens with zero attached hydrogens (tertiary/aromatic N) is 2. The molecule has 9 heteroatoms. The fourth-order valence-electron chi connectivity index (χ4n) is 4.19. The van der Waals surface area contributed by atoms with E-state index >= 15 is 0 Å². The van der Waals surface area contributed by atoms with E-state index in [0.29, 0.717) is 28.4 Å². The largest absolute Gasteiger partial charge is 0.457 e. The quantitative estimate of drug-likeness (QED) is 0.278. The third kappa shape index (κ3) is 6.00. The fourth-order valence-corrected chi connectivity index (χ4v) is 4.19. The molecular formula is C29H27FN5O3. The number of anilines is 2. The minimum atomic E-state index is -0.552. The second kappa shape index (κ2) is 11.2. The smallest absolute Gasteiger partial charge is 0.323 e. The van der Waals surface area contributed by atoms with Crippen molar-refractivity contribution in [3.8, 4) is 22.9 Å². The molecule has 4 aromatic rings. The zero-order valence-electron chi connectivity index (χ0n) is 20.8. The summed E-state index contributed by atoms with van der Waals surface area (Å²) in [6.07, 6.45) is 7.39. The third-order valence-electron chi connectivity index (χ3n) is 6.15. The minimum Gasteiger partial charge on any atom is -0.457 e. The zero-order chi connectivity index (χ0) is 26.5. The van der Waals surface area contributed by atoms with Gasteiger partial charge in [0.25, 0.3) is 5.91 Å². The van der Waals surface area contributed by atoms with Crippen LogP contribution in [0.15, 0.2) is 73.1 Å². The van der Waals surface area contributed by atoms with Crippen LogP contribution in [0.4, 0.5) is 20.6 Å². The molecule has 3 heterocycles. The molecule has 1 fully saturated rings. The summed E-state index contributed by atoms with van der Waals surface area (Å²) < 4.78 is 19.9. The van der Waals surface area contributed by atoms with E-state index in [9.17, 15) is 14.0 Å². The molecule has 0 aliphatic carbocycles. The monoisotopic (exact) mass is 512 g/mol. The van der Waals surface area contributed by atoms with Crippen molar-refractivity contribution in [3.05, 3.63) is 96.4 Å². The van der Waals surface area contributed by atoms with Gasteiger partial charge in [0, 0.05) is 37.2 Å². The normalized spacial score (nSPS) is 13.2. The number of rotatable bonds is 6. The molecule has 5 rings (SSSR count). The molecule has 0 atom stereocenters. The molecule has 2 aromatic carbocycles. The molecule has 193 valence electrons.